The monoisotopic (exact) mass is 1050 g/mol. The number of allylic oxidation sites excluding steroid dienone is 4. The third kappa shape index (κ3) is 61.7. The maximum Gasteiger partial charge on any atom is 0.306 e. The minimum atomic E-state index is -4.53. The molecule has 0 amide bonds. The molecule has 2 atom stereocenters. The number of hydrogen-bond donors (Lipinski definition) is 0. The van der Waals surface area contributed by atoms with Crippen LogP contribution < -0.4 is 4.89 Å². The summed E-state index contributed by atoms with van der Waals surface area (Å²) >= 11 is 0. The lowest BCUT2D eigenvalue weighted by Crippen LogP contribution is -2.37. The lowest BCUT2D eigenvalue weighted by atomic mass is 10.0. The van der Waals surface area contributed by atoms with Gasteiger partial charge in [0, 0.05) is 13.0 Å². The number of phosphoric acid groups is 1. The number of unbranched alkanes of at least 4 members (excludes halogenated alkanes) is 43. The lowest BCUT2D eigenvalue weighted by Gasteiger charge is -2.28. The van der Waals surface area contributed by atoms with E-state index >= 15 is 0 Å². The van der Waals surface area contributed by atoms with E-state index < -0.39 is 13.9 Å². The van der Waals surface area contributed by atoms with E-state index in [0.29, 0.717) is 24.1 Å². The van der Waals surface area contributed by atoms with Crippen LogP contribution in [0.15, 0.2) is 24.3 Å². The second-order valence-corrected chi connectivity index (χ2v) is 24.5. The highest BCUT2D eigenvalue weighted by Gasteiger charge is 2.20. The van der Waals surface area contributed by atoms with Crippen molar-refractivity contribution >= 4 is 13.8 Å². The van der Waals surface area contributed by atoms with Crippen molar-refractivity contribution in [3.63, 3.8) is 0 Å². The van der Waals surface area contributed by atoms with Crippen LogP contribution in [0.4, 0.5) is 0 Å². The van der Waals surface area contributed by atoms with E-state index in [0.717, 1.165) is 32.1 Å². The molecule has 0 saturated carbocycles. The van der Waals surface area contributed by atoms with Gasteiger partial charge in [0.25, 0.3) is 7.82 Å². The molecule has 0 spiro atoms. The summed E-state index contributed by atoms with van der Waals surface area (Å²) in [6.45, 7) is 5.49. The molecule has 0 N–H and O–H groups in total. The van der Waals surface area contributed by atoms with Gasteiger partial charge in [0.2, 0.25) is 0 Å². The molecule has 0 saturated heterocycles. The molecular formula is C64H126NO7P. The van der Waals surface area contributed by atoms with Gasteiger partial charge in [-0.2, -0.15) is 0 Å². The molecule has 0 aromatic rings. The molecule has 0 fully saturated rings. The fourth-order valence-corrected chi connectivity index (χ4v) is 10.3. The Morgan fingerprint density at radius 2 is 0.712 bits per heavy atom. The van der Waals surface area contributed by atoms with E-state index in [1.807, 2.05) is 21.1 Å². The predicted molar refractivity (Wildman–Crippen MR) is 314 cm³/mol. The first-order valence-electron chi connectivity index (χ1n) is 32.1. The van der Waals surface area contributed by atoms with Crippen molar-refractivity contribution in [3.8, 4) is 0 Å². The lowest BCUT2D eigenvalue weighted by molar-refractivity contribution is -0.870. The summed E-state index contributed by atoms with van der Waals surface area (Å²) in [6.07, 6.45) is 71.0. The maximum absolute atomic E-state index is 12.8. The molecule has 0 aliphatic rings. The minimum absolute atomic E-state index is 0.0290. The number of nitrogens with zero attached hydrogens (tertiary/aromatic N) is 1. The highest BCUT2D eigenvalue weighted by Crippen LogP contribution is 2.38. The van der Waals surface area contributed by atoms with Gasteiger partial charge < -0.3 is 27.9 Å². The number of quaternary nitrogens is 1. The Hall–Kier alpha value is -1.02. The molecule has 0 bridgehead atoms. The van der Waals surface area contributed by atoms with Crippen LogP contribution in [0.25, 0.3) is 0 Å². The average Bonchev–Trinajstić information content (AvgIpc) is 3.35. The number of ether oxygens (including phenoxy) is 2. The predicted octanol–water partition coefficient (Wildman–Crippen LogP) is 20.0. The topological polar surface area (TPSA) is 94.1 Å². The van der Waals surface area contributed by atoms with Gasteiger partial charge in [0.15, 0.2) is 0 Å². The normalized spacial score (nSPS) is 13.5. The van der Waals surface area contributed by atoms with Crippen molar-refractivity contribution in [2.45, 2.75) is 328 Å². The van der Waals surface area contributed by atoms with E-state index in [1.54, 1.807) is 0 Å². The molecule has 0 aromatic carbocycles. The molecule has 434 valence electrons. The molecule has 0 aliphatic carbocycles. The third-order valence-corrected chi connectivity index (χ3v) is 15.4. The number of carbonyl (C=O) groups excluding carboxylic acids is 1. The van der Waals surface area contributed by atoms with Gasteiger partial charge in [0.05, 0.1) is 34.4 Å². The summed E-state index contributed by atoms with van der Waals surface area (Å²) in [7, 11) is 1.38. The van der Waals surface area contributed by atoms with E-state index in [9.17, 15) is 14.3 Å². The number of esters is 1. The van der Waals surface area contributed by atoms with Gasteiger partial charge in [-0.1, -0.05) is 276 Å². The Balaban J connectivity index is 3.98. The zero-order valence-electron chi connectivity index (χ0n) is 49.6. The summed E-state index contributed by atoms with van der Waals surface area (Å²) < 4.78 is 35.0. The summed E-state index contributed by atoms with van der Waals surface area (Å²) in [4.78, 5) is 25.3. The first-order chi connectivity index (χ1) is 35.6. The van der Waals surface area contributed by atoms with Gasteiger partial charge in [-0.3, -0.25) is 9.36 Å². The Morgan fingerprint density at radius 1 is 0.411 bits per heavy atom. The summed E-state index contributed by atoms with van der Waals surface area (Å²) in [5, 5.41) is 0. The van der Waals surface area contributed by atoms with Crippen LogP contribution in [0.1, 0.15) is 322 Å². The van der Waals surface area contributed by atoms with Gasteiger partial charge in [-0.05, 0) is 64.2 Å². The van der Waals surface area contributed by atoms with Gasteiger partial charge in [-0.15, -0.1) is 0 Å². The SMILES string of the molecule is CCCCCCCCCC/C=C\CCCCCCCCCCCCCCCCOCC(COP(=O)([O-])OCC[N+](C)(C)C)OC(=O)CCCCCCCCCCCCCCC/C=C\CCCCCCCCCC. The Kier molecular flexibility index (Phi) is 56.4. The minimum Gasteiger partial charge on any atom is -0.756 e. The number of rotatable bonds is 61. The standard InChI is InChI=1S/C64H126NO7P/c1-6-8-10-12-14-16-18-20-22-24-26-28-30-32-34-36-38-40-42-44-46-48-50-52-54-56-59-69-61-63(62-71-73(67,68)70-60-58-65(3,4)5)72-64(66)57-55-53-51-49-47-45-43-41-39-37-35-33-31-29-27-25-23-21-19-17-15-13-11-9-7-2/h24-27,63H,6-23,28-62H2,1-5H3/b26-24-,27-25-. The van der Waals surface area contributed by atoms with E-state index in [4.69, 9.17) is 18.5 Å². The molecule has 2 unspecified atom stereocenters. The zero-order valence-corrected chi connectivity index (χ0v) is 50.5. The van der Waals surface area contributed by atoms with Crippen molar-refractivity contribution in [1.29, 1.82) is 0 Å². The second kappa shape index (κ2) is 57.2. The van der Waals surface area contributed by atoms with E-state index in [1.165, 1.54) is 270 Å². The molecule has 8 nitrogen and oxygen atoms in total. The Labute approximate surface area is 455 Å². The zero-order chi connectivity index (χ0) is 53.3. The molecule has 73 heavy (non-hydrogen) atoms. The fraction of sp³-hybridized carbons (Fsp3) is 0.922. The number of hydrogen-bond acceptors (Lipinski definition) is 7. The largest absolute Gasteiger partial charge is 0.756 e. The Bertz CT molecular complexity index is 1220. The highest BCUT2D eigenvalue weighted by atomic mass is 31.2. The van der Waals surface area contributed by atoms with Crippen LogP contribution in [0.3, 0.4) is 0 Å². The van der Waals surface area contributed by atoms with Crippen molar-refractivity contribution < 1.29 is 37.3 Å². The highest BCUT2D eigenvalue weighted by molar-refractivity contribution is 7.45. The molecule has 0 aromatic heterocycles. The van der Waals surface area contributed by atoms with Gasteiger partial charge in [-0.25, -0.2) is 0 Å². The van der Waals surface area contributed by atoms with Gasteiger partial charge >= 0.3 is 5.97 Å². The molecule has 0 rings (SSSR count). The number of phosphoric ester groups is 1. The Morgan fingerprint density at radius 3 is 1.04 bits per heavy atom. The number of carbonyl (C=O) groups is 1. The number of likely N-dealkylation sites (N-methyl/N-ethyl adjacent to an activating group) is 1. The van der Waals surface area contributed by atoms with Gasteiger partial charge in [0.1, 0.15) is 19.3 Å². The molecule has 0 heterocycles. The molecule has 0 radical (unpaired) electrons. The fourth-order valence-electron chi connectivity index (χ4n) is 9.54. The van der Waals surface area contributed by atoms with Crippen molar-refractivity contribution in [1.82, 2.24) is 0 Å². The second-order valence-electron chi connectivity index (χ2n) is 23.1. The summed E-state index contributed by atoms with van der Waals surface area (Å²) in [5.74, 6) is -0.326. The smallest absolute Gasteiger partial charge is 0.306 e. The van der Waals surface area contributed by atoms with E-state index in [-0.39, 0.29) is 25.8 Å². The molecule has 0 aliphatic heterocycles. The van der Waals surface area contributed by atoms with Crippen LogP contribution in [0.2, 0.25) is 0 Å². The first kappa shape index (κ1) is 72.0. The summed E-state index contributed by atoms with van der Waals surface area (Å²) in [5.41, 5.74) is 0. The molecular weight excluding hydrogens is 926 g/mol. The quantitative estimate of drug-likeness (QED) is 0.0197. The van der Waals surface area contributed by atoms with E-state index in [2.05, 4.69) is 38.2 Å². The third-order valence-electron chi connectivity index (χ3n) is 14.5. The van der Waals surface area contributed by atoms with Crippen LogP contribution >= 0.6 is 7.82 Å². The summed E-state index contributed by atoms with van der Waals surface area (Å²) in [6, 6.07) is 0. The maximum atomic E-state index is 12.8. The van der Waals surface area contributed by atoms with Crippen molar-refractivity contribution in [2.75, 3.05) is 54.1 Å². The van der Waals surface area contributed by atoms with Crippen molar-refractivity contribution in [2.24, 2.45) is 0 Å². The molecule has 9 heteroatoms. The van der Waals surface area contributed by atoms with Crippen LogP contribution in [0, 0.1) is 0 Å². The van der Waals surface area contributed by atoms with Crippen molar-refractivity contribution in [3.05, 3.63) is 24.3 Å². The first-order valence-corrected chi connectivity index (χ1v) is 33.5. The van der Waals surface area contributed by atoms with Crippen LogP contribution in [0.5, 0.6) is 0 Å². The average molecular weight is 1050 g/mol. The van der Waals surface area contributed by atoms with Crippen LogP contribution in [-0.4, -0.2) is 70.7 Å². The van der Waals surface area contributed by atoms with Crippen LogP contribution in [-0.2, 0) is 27.9 Å².